The second-order valence-electron chi connectivity index (χ2n) is 4.23. The van der Waals surface area contributed by atoms with Crippen LogP contribution < -0.4 is 5.32 Å². The van der Waals surface area contributed by atoms with Crippen molar-refractivity contribution < 1.29 is 9.21 Å². The molecule has 0 aliphatic heterocycles. The van der Waals surface area contributed by atoms with E-state index in [0.29, 0.717) is 5.76 Å². The predicted molar refractivity (Wildman–Crippen MR) is 80.0 cm³/mol. The van der Waals surface area contributed by atoms with Crippen molar-refractivity contribution in [3.05, 3.63) is 58.0 Å². The van der Waals surface area contributed by atoms with E-state index in [0.717, 1.165) is 21.5 Å². The Bertz CT molecular complexity index is 629. The van der Waals surface area contributed by atoms with E-state index >= 15 is 0 Å². The number of carbonyl (C=O) groups is 1. The van der Waals surface area contributed by atoms with Gasteiger partial charge in [-0.1, -0.05) is 22.0 Å². The quantitative estimate of drug-likeness (QED) is 0.856. The molecule has 4 heteroatoms. The van der Waals surface area contributed by atoms with Crippen LogP contribution in [0, 0.1) is 13.8 Å². The van der Waals surface area contributed by atoms with E-state index in [1.807, 2.05) is 44.2 Å². The molecule has 3 nitrogen and oxygen atoms in total. The Balaban J connectivity index is 2.05. The fourth-order valence-corrected chi connectivity index (χ4v) is 1.97. The highest BCUT2D eigenvalue weighted by atomic mass is 79.9. The third kappa shape index (κ3) is 3.83. The van der Waals surface area contributed by atoms with Crippen LogP contribution in [0.1, 0.15) is 17.1 Å². The first-order valence-electron chi connectivity index (χ1n) is 5.86. The molecule has 0 fully saturated rings. The number of anilines is 1. The number of benzene rings is 1. The highest BCUT2D eigenvalue weighted by molar-refractivity contribution is 9.10. The summed E-state index contributed by atoms with van der Waals surface area (Å²) in [6, 6.07) is 9.43. The first kappa shape index (κ1) is 13.6. The molecular weight excluding hydrogens is 306 g/mol. The number of aryl methyl sites for hydroxylation is 2. The molecule has 1 aromatic carbocycles. The highest BCUT2D eigenvalue weighted by Gasteiger charge is 2.02. The Morgan fingerprint density at radius 2 is 2.05 bits per heavy atom. The standard InChI is InChI=1S/C15H14BrNO2/c1-10-3-5-12(16)9-14(10)17-15(18)8-7-13-6-4-11(2)19-13/h3-9H,1-2H3,(H,17,18). The summed E-state index contributed by atoms with van der Waals surface area (Å²) < 4.78 is 6.28. The minimum Gasteiger partial charge on any atom is -0.462 e. The molecule has 0 atom stereocenters. The van der Waals surface area contributed by atoms with Crippen LogP contribution in [0.4, 0.5) is 5.69 Å². The summed E-state index contributed by atoms with van der Waals surface area (Å²) in [5.41, 5.74) is 1.80. The largest absolute Gasteiger partial charge is 0.462 e. The zero-order chi connectivity index (χ0) is 13.8. The number of halogens is 1. The van der Waals surface area contributed by atoms with Crippen LogP contribution in [0.5, 0.6) is 0 Å². The van der Waals surface area contributed by atoms with Gasteiger partial charge < -0.3 is 9.73 Å². The molecular formula is C15H14BrNO2. The number of nitrogens with one attached hydrogen (secondary N) is 1. The highest BCUT2D eigenvalue weighted by Crippen LogP contribution is 2.20. The summed E-state index contributed by atoms with van der Waals surface area (Å²) in [7, 11) is 0. The van der Waals surface area contributed by atoms with Gasteiger partial charge in [0.1, 0.15) is 11.5 Å². The van der Waals surface area contributed by atoms with E-state index in [-0.39, 0.29) is 5.91 Å². The van der Waals surface area contributed by atoms with E-state index in [1.165, 1.54) is 6.08 Å². The van der Waals surface area contributed by atoms with E-state index in [9.17, 15) is 4.79 Å². The summed E-state index contributed by atoms with van der Waals surface area (Å²) in [5, 5.41) is 2.83. The number of carbonyl (C=O) groups excluding carboxylic acids is 1. The van der Waals surface area contributed by atoms with Gasteiger partial charge in [0, 0.05) is 16.2 Å². The molecule has 0 saturated heterocycles. The van der Waals surface area contributed by atoms with E-state index < -0.39 is 0 Å². The lowest BCUT2D eigenvalue weighted by Gasteiger charge is -2.06. The van der Waals surface area contributed by atoms with Gasteiger partial charge in [0.2, 0.25) is 5.91 Å². The predicted octanol–water partition coefficient (Wildman–Crippen LogP) is 4.31. The molecule has 19 heavy (non-hydrogen) atoms. The van der Waals surface area contributed by atoms with Crippen molar-refractivity contribution in [2.45, 2.75) is 13.8 Å². The topological polar surface area (TPSA) is 42.2 Å². The molecule has 1 amide bonds. The second-order valence-corrected chi connectivity index (χ2v) is 5.15. The fraction of sp³-hybridized carbons (Fsp3) is 0.133. The molecule has 0 spiro atoms. The molecule has 0 aliphatic rings. The van der Waals surface area contributed by atoms with Crippen LogP contribution in [0.2, 0.25) is 0 Å². The molecule has 98 valence electrons. The maximum absolute atomic E-state index is 11.8. The fourth-order valence-electron chi connectivity index (χ4n) is 1.60. The summed E-state index contributed by atoms with van der Waals surface area (Å²) in [6.45, 7) is 3.81. The van der Waals surface area contributed by atoms with Gasteiger partial charge in [-0.2, -0.15) is 0 Å². The van der Waals surface area contributed by atoms with Crippen molar-refractivity contribution in [1.29, 1.82) is 0 Å². The molecule has 1 heterocycles. The molecule has 0 aliphatic carbocycles. The lowest BCUT2D eigenvalue weighted by molar-refractivity contribution is -0.111. The van der Waals surface area contributed by atoms with Crippen LogP contribution in [0.15, 0.2) is 45.3 Å². The number of furan rings is 1. The Morgan fingerprint density at radius 3 is 2.74 bits per heavy atom. The zero-order valence-corrected chi connectivity index (χ0v) is 12.3. The molecule has 0 radical (unpaired) electrons. The normalized spacial score (nSPS) is 10.9. The van der Waals surface area contributed by atoms with Gasteiger partial charge in [-0.3, -0.25) is 4.79 Å². The van der Waals surface area contributed by atoms with Crippen LogP contribution in [0.25, 0.3) is 6.08 Å². The van der Waals surface area contributed by atoms with Crippen LogP contribution in [-0.2, 0) is 4.79 Å². The van der Waals surface area contributed by atoms with Gasteiger partial charge >= 0.3 is 0 Å². The van der Waals surface area contributed by atoms with Crippen molar-refractivity contribution in [2.75, 3.05) is 5.32 Å². The van der Waals surface area contributed by atoms with Crippen molar-refractivity contribution >= 4 is 33.6 Å². The van der Waals surface area contributed by atoms with Gasteiger partial charge in [0.15, 0.2) is 0 Å². The van der Waals surface area contributed by atoms with Gasteiger partial charge in [-0.05, 0) is 49.8 Å². The minimum atomic E-state index is -0.185. The maximum Gasteiger partial charge on any atom is 0.248 e. The van der Waals surface area contributed by atoms with E-state index in [1.54, 1.807) is 6.08 Å². The van der Waals surface area contributed by atoms with Crippen molar-refractivity contribution in [3.8, 4) is 0 Å². The monoisotopic (exact) mass is 319 g/mol. The smallest absolute Gasteiger partial charge is 0.248 e. The summed E-state index contributed by atoms with van der Waals surface area (Å²) in [5.74, 6) is 1.30. The third-order valence-electron chi connectivity index (χ3n) is 2.62. The van der Waals surface area contributed by atoms with Gasteiger partial charge in [0.25, 0.3) is 0 Å². The maximum atomic E-state index is 11.8. The van der Waals surface area contributed by atoms with Gasteiger partial charge in [-0.25, -0.2) is 0 Å². The Labute approximate surface area is 120 Å². The third-order valence-corrected chi connectivity index (χ3v) is 3.11. The van der Waals surface area contributed by atoms with Crippen molar-refractivity contribution in [1.82, 2.24) is 0 Å². The van der Waals surface area contributed by atoms with Crippen LogP contribution in [0.3, 0.4) is 0 Å². The Morgan fingerprint density at radius 1 is 1.26 bits per heavy atom. The molecule has 0 saturated carbocycles. The first-order chi connectivity index (χ1) is 9.04. The summed E-state index contributed by atoms with van der Waals surface area (Å²) in [6.07, 6.45) is 3.11. The van der Waals surface area contributed by atoms with Gasteiger partial charge in [0.05, 0.1) is 0 Å². The van der Waals surface area contributed by atoms with Crippen molar-refractivity contribution in [3.63, 3.8) is 0 Å². The zero-order valence-electron chi connectivity index (χ0n) is 10.7. The molecule has 0 unspecified atom stereocenters. The Kier molecular flexibility index (Phi) is 4.22. The number of rotatable bonds is 3. The second kappa shape index (κ2) is 5.89. The van der Waals surface area contributed by atoms with E-state index in [4.69, 9.17) is 4.42 Å². The molecule has 0 bridgehead atoms. The molecule has 1 aromatic heterocycles. The molecule has 2 rings (SSSR count). The molecule has 1 N–H and O–H groups in total. The van der Waals surface area contributed by atoms with Crippen LogP contribution in [-0.4, -0.2) is 5.91 Å². The average molecular weight is 320 g/mol. The first-order valence-corrected chi connectivity index (χ1v) is 6.65. The van der Waals surface area contributed by atoms with E-state index in [2.05, 4.69) is 21.2 Å². The van der Waals surface area contributed by atoms with Gasteiger partial charge in [-0.15, -0.1) is 0 Å². The minimum absolute atomic E-state index is 0.185. The van der Waals surface area contributed by atoms with Crippen molar-refractivity contribution in [2.24, 2.45) is 0 Å². The molecule has 2 aromatic rings. The summed E-state index contributed by atoms with van der Waals surface area (Å²) >= 11 is 3.38. The Hall–Kier alpha value is -1.81. The lowest BCUT2D eigenvalue weighted by Crippen LogP contribution is -2.08. The lowest BCUT2D eigenvalue weighted by atomic mass is 10.2. The average Bonchev–Trinajstić information content (AvgIpc) is 2.77. The SMILES string of the molecule is Cc1ccc(C=CC(=O)Nc2cc(Br)ccc2C)o1. The number of amides is 1. The number of hydrogen-bond acceptors (Lipinski definition) is 2. The van der Waals surface area contributed by atoms with Crippen LogP contribution >= 0.6 is 15.9 Å². The number of hydrogen-bond donors (Lipinski definition) is 1. The summed E-state index contributed by atoms with van der Waals surface area (Å²) in [4.78, 5) is 11.8.